The molecule has 0 atom stereocenters. The summed E-state index contributed by atoms with van der Waals surface area (Å²) < 4.78 is 18.5. The fourth-order valence-electron chi connectivity index (χ4n) is 3.21. The number of nitrogens with zero attached hydrogens (tertiary/aromatic N) is 1. The third-order valence-electron chi connectivity index (χ3n) is 5.06. The maximum absolute atomic E-state index is 13.0. The summed E-state index contributed by atoms with van der Waals surface area (Å²) in [5.74, 6) is -0.618. The van der Waals surface area contributed by atoms with E-state index in [-0.39, 0.29) is 24.2 Å². The van der Waals surface area contributed by atoms with Gasteiger partial charge in [0.15, 0.2) is 12.4 Å². The van der Waals surface area contributed by atoms with Gasteiger partial charge in [0.05, 0.1) is 0 Å². The molecule has 33 heavy (non-hydrogen) atoms. The minimum absolute atomic E-state index is 0.0532. The van der Waals surface area contributed by atoms with E-state index in [1.54, 1.807) is 53.4 Å². The van der Waals surface area contributed by atoms with Crippen LogP contribution in [0.2, 0.25) is 0 Å². The first-order chi connectivity index (χ1) is 15.9. The molecule has 0 aliphatic heterocycles. The molecule has 7 heteroatoms. The average molecular weight is 448 g/mol. The number of amides is 2. The lowest BCUT2D eigenvalue weighted by Crippen LogP contribution is -2.30. The molecule has 0 heterocycles. The van der Waals surface area contributed by atoms with E-state index < -0.39 is 5.82 Å². The number of carbonyl (C=O) groups excluding carboxylic acids is 3. The summed E-state index contributed by atoms with van der Waals surface area (Å²) in [5, 5.41) is 2.72. The van der Waals surface area contributed by atoms with Crippen molar-refractivity contribution < 1.29 is 23.5 Å². The van der Waals surface area contributed by atoms with Crippen molar-refractivity contribution in [1.29, 1.82) is 0 Å². The number of hydrogen-bond donors (Lipinski definition) is 1. The van der Waals surface area contributed by atoms with Crippen LogP contribution in [0, 0.1) is 5.82 Å². The van der Waals surface area contributed by atoms with Crippen molar-refractivity contribution in [3.63, 3.8) is 0 Å². The highest BCUT2D eigenvalue weighted by Crippen LogP contribution is 2.17. The average Bonchev–Trinajstić information content (AvgIpc) is 2.84. The number of benzene rings is 3. The van der Waals surface area contributed by atoms with Crippen LogP contribution >= 0.6 is 0 Å². The Morgan fingerprint density at radius 1 is 0.788 bits per heavy atom. The summed E-state index contributed by atoms with van der Waals surface area (Å²) in [6.07, 6.45) is 0. The van der Waals surface area contributed by atoms with E-state index in [2.05, 4.69) is 5.32 Å². The van der Waals surface area contributed by atoms with E-state index in [1.165, 1.54) is 24.3 Å². The van der Waals surface area contributed by atoms with Gasteiger partial charge in [0.25, 0.3) is 11.8 Å². The van der Waals surface area contributed by atoms with E-state index in [1.807, 2.05) is 13.8 Å². The number of halogens is 1. The molecule has 0 bridgehead atoms. The molecule has 3 rings (SSSR count). The van der Waals surface area contributed by atoms with Gasteiger partial charge in [-0.2, -0.15) is 0 Å². The Balaban J connectivity index is 1.52. The molecule has 0 saturated carbocycles. The summed E-state index contributed by atoms with van der Waals surface area (Å²) in [7, 11) is 0. The molecular formula is C26H25FN2O4. The van der Waals surface area contributed by atoms with Gasteiger partial charge in [0.1, 0.15) is 11.6 Å². The molecule has 0 saturated heterocycles. The second-order valence-electron chi connectivity index (χ2n) is 7.25. The zero-order chi connectivity index (χ0) is 23.8. The highest BCUT2D eigenvalue weighted by molar-refractivity contribution is 6.09. The molecule has 0 radical (unpaired) electrons. The Morgan fingerprint density at radius 3 is 1.85 bits per heavy atom. The van der Waals surface area contributed by atoms with Crippen LogP contribution in [-0.4, -0.2) is 42.2 Å². The molecule has 3 aromatic carbocycles. The van der Waals surface area contributed by atoms with Crippen molar-refractivity contribution in [1.82, 2.24) is 4.90 Å². The quantitative estimate of drug-likeness (QED) is 0.487. The maximum Gasteiger partial charge on any atom is 0.262 e. The Morgan fingerprint density at radius 2 is 1.30 bits per heavy atom. The fraction of sp³-hybridized carbons (Fsp3) is 0.192. The van der Waals surface area contributed by atoms with E-state index >= 15 is 0 Å². The lowest BCUT2D eigenvalue weighted by molar-refractivity contribution is -0.118. The van der Waals surface area contributed by atoms with E-state index in [0.717, 1.165) is 0 Å². The molecule has 2 amide bonds. The number of ether oxygens (including phenoxy) is 1. The summed E-state index contributed by atoms with van der Waals surface area (Å²) in [6.45, 7) is 4.89. The molecule has 0 unspecified atom stereocenters. The third-order valence-corrected chi connectivity index (χ3v) is 5.06. The normalized spacial score (nSPS) is 10.4. The minimum Gasteiger partial charge on any atom is -0.484 e. The molecule has 6 nitrogen and oxygen atoms in total. The van der Waals surface area contributed by atoms with Crippen molar-refractivity contribution in [3.8, 4) is 5.75 Å². The Hall–Kier alpha value is -4.00. The first kappa shape index (κ1) is 23.7. The van der Waals surface area contributed by atoms with Gasteiger partial charge in [0.2, 0.25) is 0 Å². The number of hydrogen-bond acceptors (Lipinski definition) is 4. The number of ketones is 1. The van der Waals surface area contributed by atoms with E-state index in [9.17, 15) is 18.8 Å². The lowest BCUT2D eigenvalue weighted by atomic mass is 10.0. The minimum atomic E-state index is -0.405. The van der Waals surface area contributed by atoms with Crippen LogP contribution in [0.5, 0.6) is 5.75 Å². The second-order valence-corrected chi connectivity index (χ2v) is 7.25. The maximum atomic E-state index is 13.0. The van der Waals surface area contributed by atoms with Crippen molar-refractivity contribution >= 4 is 23.3 Å². The number of anilines is 1. The van der Waals surface area contributed by atoms with E-state index in [0.29, 0.717) is 41.2 Å². The summed E-state index contributed by atoms with van der Waals surface area (Å²) in [6, 6.07) is 18.4. The van der Waals surface area contributed by atoms with Gasteiger partial charge in [-0.05, 0) is 86.6 Å². The third kappa shape index (κ3) is 6.26. The standard InChI is InChI=1S/C26H25FN2O4/c1-3-29(4-2)26(32)20-7-13-22(14-8-20)28-24(30)17-33-23-15-9-19(10-16-23)25(31)18-5-11-21(27)12-6-18/h5-16H,3-4,17H2,1-2H3,(H,28,30). The highest BCUT2D eigenvalue weighted by Gasteiger charge is 2.13. The van der Waals surface area contributed by atoms with Crippen LogP contribution in [0.1, 0.15) is 40.1 Å². The monoisotopic (exact) mass is 448 g/mol. The van der Waals surface area contributed by atoms with Crippen LogP contribution in [0.3, 0.4) is 0 Å². The smallest absolute Gasteiger partial charge is 0.262 e. The largest absolute Gasteiger partial charge is 0.484 e. The first-order valence-electron chi connectivity index (χ1n) is 10.6. The number of carbonyl (C=O) groups is 3. The van der Waals surface area contributed by atoms with Gasteiger partial charge in [-0.15, -0.1) is 0 Å². The fourth-order valence-corrected chi connectivity index (χ4v) is 3.21. The van der Waals surface area contributed by atoms with Crippen LogP contribution in [0.4, 0.5) is 10.1 Å². The summed E-state index contributed by atoms with van der Waals surface area (Å²) in [5.41, 5.74) is 1.93. The van der Waals surface area contributed by atoms with Crippen molar-refractivity contribution in [2.45, 2.75) is 13.8 Å². The van der Waals surface area contributed by atoms with Gasteiger partial charge >= 0.3 is 0 Å². The molecule has 0 spiro atoms. The Kier molecular flexibility index (Phi) is 7.91. The van der Waals surface area contributed by atoms with Crippen molar-refractivity contribution in [2.75, 3.05) is 25.0 Å². The van der Waals surface area contributed by atoms with E-state index in [4.69, 9.17) is 4.74 Å². The predicted molar refractivity (Wildman–Crippen MR) is 124 cm³/mol. The predicted octanol–water partition coefficient (Wildman–Crippen LogP) is 4.56. The number of rotatable bonds is 9. The molecule has 3 aromatic rings. The summed E-state index contributed by atoms with van der Waals surface area (Å²) >= 11 is 0. The van der Waals surface area contributed by atoms with Gasteiger partial charge in [-0.1, -0.05) is 0 Å². The SMILES string of the molecule is CCN(CC)C(=O)c1ccc(NC(=O)COc2ccc(C(=O)c3ccc(F)cc3)cc2)cc1. The zero-order valence-corrected chi connectivity index (χ0v) is 18.5. The van der Waals surface area contributed by atoms with Gasteiger partial charge in [-0.25, -0.2) is 4.39 Å². The molecule has 0 aliphatic carbocycles. The van der Waals surface area contributed by atoms with Crippen LogP contribution < -0.4 is 10.1 Å². The molecule has 1 N–H and O–H groups in total. The molecule has 0 fully saturated rings. The Bertz CT molecular complexity index is 1110. The van der Waals surface area contributed by atoms with Crippen LogP contribution in [0.15, 0.2) is 72.8 Å². The van der Waals surface area contributed by atoms with Crippen LogP contribution in [0.25, 0.3) is 0 Å². The second kappa shape index (κ2) is 11.0. The van der Waals surface area contributed by atoms with Gasteiger partial charge in [0, 0.05) is 35.5 Å². The topological polar surface area (TPSA) is 75.7 Å². The first-order valence-corrected chi connectivity index (χ1v) is 10.6. The summed E-state index contributed by atoms with van der Waals surface area (Å²) in [4.78, 5) is 38.7. The van der Waals surface area contributed by atoms with Crippen molar-refractivity contribution in [2.24, 2.45) is 0 Å². The molecular weight excluding hydrogens is 423 g/mol. The molecule has 170 valence electrons. The van der Waals surface area contributed by atoms with Crippen LogP contribution in [-0.2, 0) is 4.79 Å². The van der Waals surface area contributed by atoms with Gasteiger partial charge in [-0.3, -0.25) is 14.4 Å². The Labute approximate surface area is 192 Å². The zero-order valence-electron chi connectivity index (χ0n) is 18.5. The molecule has 0 aliphatic rings. The molecule has 0 aromatic heterocycles. The highest BCUT2D eigenvalue weighted by atomic mass is 19.1. The van der Waals surface area contributed by atoms with Gasteiger partial charge < -0.3 is 15.0 Å². The lowest BCUT2D eigenvalue weighted by Gasteiger charge is -2.18. The number of nitrogens with one attached hydrogen (secondary N) is 1. The van der Waals surface area contributed by atoms with Crippen molar-refractivity contribution in [3.05, 3.63) is 95.3 Å².